The van der Waals surface area contributed by atoms with Crippen LogP contribution in [0.3, 0.4) is 0 Å². The highest BCUT2D eigenvalue weighted by molar-refractivity contribution is 6.41. The van der Waals surface area contributed by atoms with Gasteiger partial charge in [0, 0.05) is 18.7 Å². The molecule has 3 N–H and O–H groups in total. The largest absolute Gasteiger partial charge is 0.417 e. The third kappa shape index (κ3) is 4.22. The van der Waals surface area contributed by atoms with Crippen LogP contribution in [0.5, 0.6) is 0 Å². The van der Waals surface area contributed by atoms with Crippen molar-refractivity contribution in [3.63, 3.8) is 0 Å². The highest BCUT2D eigenvalue weighted by Gasteiger charge is 2.33. The average Bonchev–Trinajstić information content (AvgIpc) is 2.72. The number of nitrogens with zero attached hydrogens (tertiary/aromatic N) is 4. The van der Waals surface area contributed by atoms with Crippen molar-refractivity contribution in [2.24, 2.45) is 0 Å². The van der Waals surface area contributed by atoms with Crippen LogP contribution in [0.25, 0.3) is 11.3 Å². The summed E-state index contributed by atoms with van der Waals surface area (Å²) in [6.45, 7) is 1.74. The number of carbonyl (C=O) groups excluding carboxylic acids is 1. The van der Waals surface area contributed by atoms with Gasteiger partial charge in [-0.3, -0.25) is 15.6 Å². The fourth-order valence-corrected chi connectivity index (χ4v) is 3.18. The predicted molar refractivity (Wildman–Crippen MR) is 111 cm³/mol. The Bertz CT molecular complexity index is 1250. The van der Waals surface area contributed by atoms with E-state index in [1.807, 2.05) is 4.90 Å². The maximum atomic E-state index is 13.4. The molecule has 8 nitrogen and oxygen atoms in total. The monoisotopic (exact) mass is 441 g/mol. The Morgan fingerprint density at radius 2 is 1.78 bits per heavy atom. The predicted octanol–water partition coefficient (Wildman–Crippen LogP) is 3.12. The van der Waals surface area contributed by atoms with Crippen molar-refractivity contribution in [1.82, 2.24) is 14.8 Å². The number of carbonyl (C=O) groups is 1. The van der Waals surface area contributed by atoms with Crippen molar-refractivity contribution in [2.45, 2.75) is 12.6 Å². The van der Waals surface area contributed by atoms with E-state index < -0.39 is 23.5 Å². The first-order chi connectivity index (χ1) is 15.2. The van der Waals surface area contributed by atoms with Gasteiger partial charge in [-0.1, -0.05) is 24.3 Å². The molecule has 0 aliphatic carbocycles. The maximum Gasteiger partial charge on any atom is 0.417 e. The van der Waals surface area contributed by atoms with Gasteiger partial charge in [-0.2, -0.15) is 23.0 Å². The molecule has 11 heteroatoms. The Kier molecular flexibility index (Phi) is 5.47. The molecule has 4 rings (SSSR count). The van der Waals surface area contributed by atoms with Crippen LogP contribution in [0.2, 0.25) is 0 Å². The van der Waals surface area contributed by atoms with Crippen LogP contribution in [0, 0.1) is 10.8 Å². The molecule has 1 amide bonds. The number of halogens is 3. The van der Waals surface area contributed by atoms with E-state index in [0.717, 1.165) is 25.6 Å². The van der Waals surface area contributed by atoms with Gasteiger partial charge in [0.05, 0.1) is 11.3 Å². The van der Waals surface area contributed by atoms with Gasteiger partial charge in [-0.15, -0.1) is 0 Å². The van der Waals surface area contributed by atoms with Gasteiger partial charge in [-0.25, -0.2) is 4.98 Å². The minimum Gasteiger partial charge on any atom is -0.356 e. The molecule has 0 radical (unpaired) electrons. The maximum absolute atomic E-state index is 13.4. The zero-order valence-electron chi connectivity index (χ0n) is 16.6. The van der Waals surface area contributed by atoms with E-state index >= 15 is 0 Å². The fraction of sp³-hybridized carbons (Fsp3) is 0.190. The van der Waals surface area contributed by atoms with Crippen molar-refractivity contribution in [1.29, 1.82) is 10.8 Å². The second-order valence-electron chi connectivity index (χ2n) is 7.08. The van der Waals surface area contributed by atoms with Crippen LogP contribution >= 0.6 is 0 Å². The van der Waals surface area contributed by atoms with Gasteiger partial charge in [0.25, 0.3) is 5.91 Å². The highest BCUT2D eigenvalue weighted by Crippen LogP contribution is 2.35. The summed E-state index contributed by atoms with van der Waals surface area (Å²) < 4.78 is 40.8. The number of nitrogens with one attached hydrogen (secondary N) is 3. The Balaban J connectivity index is 1.61. The highest BCUT2D eigenvalue weighted by atomic mass is 19.4. The van der Waals surface area contributed by atoms with E-state index in [0.29, 0.717) is 10.5 Å². The second-order valence-corrected chi connectivity index (χ2v) is 7.08. The van der Waals surface area contributed by atoms with Crippen molar-refractivity contribution in [3.8, 4) is 11.3 Å². The van der Waals surface area contributed by atoms with E-state index in [1.54, 1.807) is 18.2 Å². The average molecular weight is 441 g/mol. The standard InChI is InChI=1S/C21H18F3N7O/c22-21(23,24)14-6-2-1-5-13(14)15-9-10-16(25)31(29-15)19(26)20(32)28-17-7-3-8-18(27-17)30-11-4-12-30/h1-3,5-10,25-26H,4,11-12H2,(H,27,28,32). The fourth-order valence-electron chi connectivity index (χ4n) is 3.18. The second kappa shape index (κ2) is 8.25. The van der Waals surface area contributed by atoms with Gasteiger partial charge in [0.15, 0.2) is 0 Å². The number of pyridine rings is 1. The molecule has 164 valence electrons. The summed E-state index contributed by atoms with van der Waals surface area (Å²) in [5.41, 5.74) is -1.57. The first kappa shape index (κ1) is 21.2. The lowest BCUT2D eigenvalue weighted by Crippen LogP contribution is -2.38. The molecule has 1 aromatic carbocycles. The van der Waals surface area contributed by atoms with Crippen LogP contribution in [0.4, 0.5) is 24.8 Å². The minimum atomic E-state index is -4.61. The van der Waals surface area contributed by atoms with Crippen molar-refractivity contribution in [3.05, 3.63) is 65.6 Å². The summed E-state index contributed by atoms with van der Waals surface area (Å²) in [6.07, 6.45) is -3.55. The smallest absolute Gasteiger partial charge is 0.356 e. The molecule has 1 aliphatic heterocycles. The number of anilines is 2. The molecular weight excluding hydrogens is 423 g/mol. The van der Waals surface area contributed by atoms with Gasteiger partial charge in [0.2, 0.25) is 5.84 Å². The Morgan fingerprint density at radius 1 is 1.03 bits per heavy atom. The molecule has 1 fully saturated rings. The molecule has 0 bridgehead atoms. The summed E-state index contributed by atoms with van der Waals surface area (Å²) in [6, 6.07) is 12.4. The van der Waals surface area contributed by atoms with Gasteiger partial charge < -0.3 is 10.2 Å². The van der Waals surface area contributed by atoms with Crippen molar-refractivity contribution in [2.75, 3.05) is 23.3 Å². The molecule has 1 saturated heterocycles. The van der Waals surface area contributed by atoms with Crippen LogP contribution in [0.15, 0.2) is 54.6 Å². The molecule has 0 spiro atoms. The summed E-state index contributed by atoms with van der Waals surface area (Å²) in [5, 5.41) is 22.6. The van der Waals surface area contributed by atoms with E-state index in [9.17, 15) is 18.0 Å². The Morgan fingerprint density at radius 3 is 2.47 bits per heavy atom. The number of alkyl halides is 3. The first-order valence-corrected chi connectivity index (χ1v) is 9.68. The number of hydrogen-bond acceptors (Lipinski definition) is 6. The lowest BCUT2D eigenvalue weighted by Gasteiger charge is -2.32. The summed E-state index contributed by atoms with van der Waals surface area (Å²) in [4.78, 5) is 19.0. The molecule has 3 heterocycles. The van der Waals surface area contributed by atoms with Crippen LogP contribution in [-0.2, 0) is 11.0 Å². The summed E-state index contributed by atoms with van der Waals surface area (Å²) >= 11 is 0. The Hall–Kier alpha value is -4.02. The molecule has 32 heavy (non-hydrogen) atoms. The van der Waals surface area contributed by atoms with Gasteiger partial charge in [-0.05, 0) is 36.8 Å². The quantitative estimate of drug-likeness (QED) is 0.428. The molecule has 2 aromatic heterocycles. The van der Waals surface area contributed by atoms with Crippen LogP contribution in [-0.4, -0.2) is 39.6 Å². The summed E-state index contributed by atoms with van der Waals surface area (Å²) in [5.74, 6) is -0.712. The normalized spacial score (nSPS) is 13.4. The molecule has 1 aliphatic rings. The Labute approximate surface area is 180 Å². The number of aromatic nitrogens is 3. The van der Waals surface area contributed by atoms with Crippen molar-refractivity contribution >= 4 is 23.4 Å². The summed E-state index contributed by atoms with van der Waals surface area (Å²) in [7, 11) is 0. The molecule has 3 aromatic rings. The molecule has 0 saturated carbocycles. The van der Waals surface area contributed by atoms with Crippen LogP contribution in [0.1, 0.15) is 12.0 Å². The van der Waals surface area contributed by atoms with Crippen LogP contribution < -0.4 is 15.7 Å². The number of rotatable bonds is 3. The van der Waals surface area contributed by atoms with E-state index in [-0.39, 0.29) is 22.6 Å². The number of hydrogen-bond donors (Lipinski definition) is 3. The van der Waals surface area contributed by atoms with E-state index in [1.165, 1.54) is 30.3 Å². The minimum absolute atomic E-state index is 0.121. The van der Waals surface area contributed by atoms with Gasteiger partial charge in [0.1, 0.15) is 17.1 Å². The number of benzene rings is 1. The SMILES string of the molecule is N=C(C(=O)Nc1cccc(N2CCC2)n1)n1nc(-c2ccccc2C(F)(F)F)ccc1=N. The van der Waals surface area contributed by atoms with Gasteiger partial charge >= 0.3 is 6.18 Å². The molecule has 0 atom stereocenters. The lowest BCUT2D eigenvalue weighted by atomic mass is 10.0. The lowest BCUT2D eigenvalue weighted by molar-refractivity contribution is -0.137. The zero-order chi connectivity index (χ0) is 22.9. The zero-order valence-corrected chi connectivity index (χ0v) is 16.6. The van der Waals surface area contributed by atoms with E-state index in [2.05, 4.69) is 15.4 Å². The number of amides is 1. The molecule has 0 unspecified atom stereocenters. The third-order valence-electron chi connectivity index (χ3n) is 4.93. The van der Waals surface area contributed by atoms with E-state index in [4.69, 9.17) is 10.8 Å². The topological polar surface area (TPSA) is 111 Å². The third-order valence-corrected chi connectivity index (χ3v) is 4.93. The molecular formula is C21H18F3N7O. The van der Waals surface area contributed by atoms with Crippen molar-refractivity contribution < 1.29 is 18.0 Å². The first-order valence-electron chi connectivity index (χ1n) is 9.68.